The summed E-state index contributed by atoms with van der Waals surface area (Å²) >= 11 is 0. The molecule has 1 amide bonds. The molecule has 2 rings (SSSR count). The summed E-state index contributed by atoms with van der Waals surface area (Å²) in [5.41, 5.74) is 5.80. The van der Waals surface area contributed by atoms with Gasteiger partial charge in [0.15, 0.2) is 0 Å². The molecule has 1 aromatic heterocycles. The van der Waals surface area contributed by atoms with Crippen LogP contribution in [0.25, 0.3) is 0 Å². The van der Waals surface area contributed by atoms with E-state index in [9.17, 15) is 4.79 Å². The summed E-state index contributed by atoms with van der Waals surface area (Å²) in [7, 11) is 0. The Hall–Kier alpha value is -1.66. The highest BCUT2D eigenvalue weighted by molar-refractivity contribution is 5.67. The molecule has 6 heteroatoms. The number of amides is 1. The highest BCUT2D eigenvalue weighted by Gasteiger charge is 2.11. The van der Waals surface area contributed by atoms with Gasteiger partial charge < -0.3 is 15.2 Å². The van der Waals surface area contributed by atoms with Crippen LogP contribution in [-0.2, 0) is 11.3 Å². The molecule has 0 spiro atoms. The smallest absolute Gasteiger partial charge is 0.409 e. The molecule has 2 N–H and O–H groups in total. The van der Waals surface area contributed by atoms with Crippen LogP contribution in [-0.4, -0.2) is 42.3 Å². The fourth-order valence-electron chi connectivity index (χ4n) is 1.71. The summed E-state index contributed by atoms with van der Waals surface area (Å²) in [6.45, 7) is 4.00. The van der Waals surface area contributed by atoms with Gasteiger partial charge in [-0.3, -0.25) is 9.88 Å². The van der Waals surface area contributed by atoms with E-state index in [-0.39, 0.29) is 0 Å². The van der Waals surface area contributed by atoms with Crippen molar-refractivity contribution in [2.75, 3.05) is 26.3 Å². The Kier molecular flexibility index (Phi) is 3.89. The van der Waals surface area contributed by atoms with Crippen molar-refractivity contribution >= 4 is 6.09 Å². The second kappa shape index (κ2) is 5.60. The van der Waals surface area contributed by atoms with Crippen molar-refractivity contribution in [2.45, 2.75) is 6.54 Å². The zero-order valence-corrected chi connectivity index (χ0v) is 9.46. The lowest BCUT2D eigenvalue weighted by Crippen LogP contribution is -2.35. The van der Waals surface area contributed by atoms with Gasteiger partial charge in [-0.15, -0.1) is 0 Å². The number of morpholine rings is 1. The maximum Gasteiger partial charge on any atom is 0.409 e. The van der Waals surface area contributed by atoms with Gasteiger partial charge in [0.25, 0.3) is 0 Å². The zero-order valence-electron chi connectivity index (χ0n) is 9.46. The number of nitrogens with two attached hydrogens (primary N) is 1. The van der Waals surface area contributed by atoms with E-state index in [0.717, 1.165) is 38.5 Å². The molecule has 1 fully saturated rings. The second-order valence-corrected chi connectivity index (χ2v) is 3.79. The van der Waals surface area contributed by atoms with Gasteiger partial charge in [0.05, 0.1) is 18.9 Å². The van der Waals surface area contributed by atoms with Crippen molar-refractivity contribution in [1.82, 2.24) is 9.88 Å². The first-order valence-electron chi connectivity index (χ1n) is 5.46. The number of hydrogen-bond donors (Lipinski definition) is 1. The van der Waals surface area contributed by atoms with Crippen LogP contribution in [0.4, 0.5) is 4.79 Å². The van der Waals surface area contributed by atoms with Crippen LogP contribution in [0, 0.1) is 0 Å². The average molecular weight is 237 g/mol. The van der Waals surface area contributed by atoms with Gasteiger partial charge >= 0.3 is 6.09 Å². The summed E-state index contributed by atoms with van der Waals surface area (Å²) in [4.78, 5) is 17.1. The molecule has 92 valence electrons. The Balaban J connectivity index is 1.97. The molecule has 0 radical (unpaired) electrons. The number of carbonyl (C=O) groups excluding carboxylic acids is 1. The molecule has 2 heterocycles. The minimum Gasteiger partial charge on any atom is -0.410 e. The highest BCUT2D eigenvalue weighted by Crippen LogP contribution is 2.13. The van der Waals surface area contributed by atoms with Crippen LogP contribution in [0.2, 0.25) is 0 Å². The van der Waals surface area contributed by atoms with Crippen molar-refractivity contribution in [1.29, 1.82) is 0 Å². The topological polar surface area (TPSA) is 77.7 Å². The number of ether oxygens (including phenoxy) is 2. The van der Waals surface area contributed by atoms with E-state index in [1.807, 2.05) is 0 Å². The fourth-order valence-corrected chi connectivity index (χ4v) is 1.71. The van der Waals surface area contributed by atoms with Crippen molar-refractivity contribution in [3.05, 3.63) is 24.0 Å². The van der Waals surface area contributed by atoms with Crippen LogP contribution in [0.3, 0.4) is 0 Å². The van der Waals surface area contributed by atoms with Gasteiger partial charge in [0.2, 0.25) is 0 Å². The van der Waals surface area contributed by atoms with E-state index in [0.29, 0.717) is 5.75 Å². The number of pyridine rings is 1. The van der Waals surface area contributed by atoms with Crippen LogP contribution >= 0.6 is 0 Å². The Morgan fingerprint density at radius 3 is 3.00 bits per heavy atom. The van der Waals surface area contributed by atoms with Crippen molar-refractivity contribution in [2.24, 2.45) is 5.73 Å². The van der Waals surface area contributed by atoms with Crippen molar-refractivity contribution in [3.8, 4) is 5.75 Å². The third kappa shape index (κ3) is 3.69. The van der Waals surface area contributed by atoms with Crippen LogP contribution in [0.15, 0.2) is 18.3 Å². The summed E-state index contributed by atoms with van der Waals surface area (Å²) in [5, 5.41) is 0. The predicted octanol–water partition coefficient (Wildman–Crippen LogP) is 0.371. The van der Waals surface area contributed by atoms with Gasteiger partial charge in [0, 0.05) is 31.9 Å². The SMILES string of the molecule is NC(=O)Oc1ccnc(CN2CCOCC2)c1. The molecule has 1 aromatic rings. The first-order chi connectivity index (χ1) is 8.24. The maximum absolute atomic E-state index is 10.6. The lowest BCUT2D eigenvalue weighted by atomic mass is 10.3. The van der Waals surface area contributed by atoms with E-state index in [1.54, 1.807) is 18.3 Å². The zero-order chi connectivity index (χ0) is 12.1. The molecular weight excluding hydrogens is 222 g/mol. The predicted molar refractivity (Wildman–Crippen MR) is 60.5 cm³/mol. The molecular formula is C11H15N3O3. The highest BCUT2D eigenvalue weighted by atomic mass is 16.5. The van der Waals surface area contributed by atoms with Gasteiger partial charge in [0.1, 0.15) is 5.75 Å². The third-order valence-corrected chi connectivity index (χ3v) is 2.50. The van der Waals surface area contributed by atoms with Crippen molar-refractivity contribution in [3.63, 3.8) is 0 Å². The molecule has 6 nitrogen and oxygen atoms in total. The average Bonchev–Trinajstić information content (AvgIpc) is 2.30. The molecule has 1 aliphatic heterocycles. The minimum absolute atomic E-state index is 0.427. The number of primary amides is 1. The Morgan fingerprint density at radius 2 is 2.29 bits per heavy atom. The first kappa shape index (κ1) is 11.8. The number of carbonyl (C=O) groups is 1. The summed E-state index contributed by atoms with van der Waals surface area (Å²) in [6, 6.07) is 3.33. The summed E-state index contributed by atoms with van der Waals surface area (Å²) < 4.78 is 10.1. The molecule has 0 atom stereocenters. The molecule has 0 unspecified atom stereocenters. The molecule has 1 saturated heterocycles. The molecule has 0 aliphatic carbocycles. The maximum atomic E-state index is 10.6. The standard InChI is InChI=1S/C11H15N3O3/c12-11(15)17-10-1-2-13-9(7-10)8-14-3-5-16-6-4-14/h1-2,7H,3-6,8H2,(H2,12,15). The monoisotopic (exact) mass is 237 g/mol. The van der Waals surface area contributed by atoms with E-state index in [1.165, 1.54) is 0 Å². The molecule has 0 aromatic carbocycles. The Labute approximate surface area is 99.3 Å². The molecule has 17 heavy (non-hydrogen) atoms. The van der Waals surface area contributed by atoms with Crippen LogP contribution in [0.5, 0.6) is 5.75 Å². The fraction of sp³-hybridized carbons (Fsp3) is 0.455. The quantitative estimate of drug-likeness (QED) is 0.821. The lowest BCUT2D eigenvalue weighted by molar-refractivity contribution is 0.0336. The number of aromatic nitrogens is 1. The number of nitrogens with zero attached hydrogens (tertiary/aromatic N) is 2. The normalized spacial score (nSPS) is 16.7. The van der Waals surface area contributed by atoms with E-state index >= 15 is 0 Å². The van der Waals surface area contributed by atoms with Crippen molar-refractivity contribution < 1.29 is 14.3 Å². The van der Waals surface area contributed by atoms with Crippen LogP contribution < -0.4 is 10.5 Å². The van der Waals surface area contributed by atoms with Crippen LogP contribution in [0.1, 0.15) is 5.69 Å². The van der Waals surface area contributed by atoms with Gasteiger partial charge in [-0.25, -0.2) is 4.79 Å². The molecule has 0 bridgehead atoms. The van der Waals surface area contributed by atoms with Gasteiger partial charge in [-0.1, -0.05) is 0 Å². The first-order valence-corrected chi connectivity index (χ1v) is 5.46. The van der Waals surface area contributed by atoms with E-state index in [2.05, 4.69) is 9.88 Å². The van der Waals surface area contributed by atoms with Gasteiger partial charge in [-0.05, 0) is 6.07 Å². The van der Waals surface area contributed by atoms with E-state index < -0.39 is 6.09 Å². The third-order valence-electron chi connectivity index (χ3n) is 2.50. The molecule has 1 aliphatic rings. The molecule has 0 saturated carbocycles. The lowest BCUT2D eigenvalue weighted by Gasteiger charge is -2.26. The summed E-state index contributed by atoms with van der Waals surface area (Å²) in [5.74, 6) is 0.427. The van der Waals surface area contributed by atoms with E-state index in [4.69, 9.17) is 15.2 Å². The Bertz CT molecular complexity index is 391. The number of hydrogen-bond acceptors (Lipinski definition) is 5. The van der Waals surface area contributed by atoms with Gasteiger partial charge in [-0.2, -0.15) is 0 Å². The second-order valence-electron chi connectivity index (χ2n) is 3.79. The largest absolute Gasteiger partial charge is 0.410 e. The number of rotatable bonds is 3. The Morgan fingerprint density at radius 1 is 1.53 bits per heavy atom. The minimum atomic E-state index is -0.812. The summed E-state index contributed by atoms with van der Waals surface area (Å²) in [6.07, 6.45) is 0.794.